The highest BCUT2D eigenvalue weighted by Crippen LogP contribution is 2.15. The van der Waals surface area contributed by atoms with Crippen LogP contribution in [-0.2, 0) is 16.1 Å². The van der Waals surface area contributed by atoms with Gasteiger partial charge < -0.3 is 19.2 Å². The summed E-state index contributed by atoms with van der Waals surface area (Å²) in [5.74, 6) is -0.873. The fourth-order valence-corrected chi connectivity index (χ4v) is 2.57. The van der Waals surface area contributed by atoms with Crippen LogP contribution < -0.4 is 15.5 Å². The van der Waals surface area contributed by atoms with Crippen molar-refractivity contribution in [3.8, 4) is 5.75 Å². The number of carbonyl (C=O) groups is 2. The molecule has 144 valence electrons. The Morgan fingerprint density at radius 3 is 2.54 bits per heavy atom. The van der Waals surface area contributed by atoms with Gasteiger partial charge in [0.15, 0.2) is 12.0 Å². The van der Waals surface area contributed by atoms with Crippen LogP contribution >= 0.6 is 0 Å². The minimum absolute atomic E-state index is 0.246. The van der Waals surface area contributed by atoms with E-state index in [0.29, 0.717) is 5.39 Å². The molecule has 0 fully saturated rings. The first-order valence-electron chi connectivity index (χ1n) is 8.57. The van der Waals surface area contributed by atoms with Gasteiger partial charge in [0.1, 0.15) is 11.3 Å². The fraction of sp³-hybridized carbons (Fsp3) is 0.190. The molecule has 3 rings (SSSR count). The van der Waals surface area contributed by atoms with Crippen LogP contribution in [0.3, 0.4) is 0 Å². The Hall–Kier alpha value is -3.61. The molecule has 0 aliphatic heterocycles. The van der Waals surface area contributed by atoms with Crippen LogP contribution in [-0.4, -0.2) is 25.6 Å². The molecule has 1 amide bonds. The summed E-state index contributed by atoms with van der Waals surface area (Å²) in [7, 11) is 1.57. The number of benzene rings is 2. The van der Waals surface area contributed by atoms with Crippen molar-refractivity contribution in [1.29, 1.82) is 0 Å². The second-order valence-corrected chi connectivity index (χ2v) is 6.18. The fourth-order valence-electron chi connectivity index (χ4n) is 2.57. The lowest BCUT2D eigenvalue weighted by Crippen LogP contribution is -2.28. The summed E-state index contributed by atoms with van der Waals surface area (Å²) >= 11 is 0. The number of rotatable bonds is 6. The van der Waals surface area contributed by atoms with Crippen LogP contribution in [0.2, 0.25) is 0 Å². The van der Waals surface area contributed by atoms with E-state index in [-0.39, 0.29) is 23.3 Å². The zero-order valence-electron chi connectivity index (χ0n) is 15.5. The molecule has 0 saturated heterocycles. The second-order valence-electron chi connectivity index (χ2n) is 6.18. The second kappa shape index (κ2) is 8.39. The average molecular weight is 381 g/mol. The van der Waals surface area contributed by atoms with Gasteiger partial charge in [0.2, 0.25) is 5.76 Å². The van der Waals surface area contributed by atoms with E-state index in [2.05, 4.69) is 5.32 Å². The molecule has 0 radical (unpaired) electrons. The number of methoxy groups -OCH3 is 1. The Morgan fingerprint density at radius 2 is 1.82 bits per heavy atom. The Morgan fingerprint density at radius 1 is 1.07 bits per heavy atom. The van der Waals surface area contributed by atoms with Gasteiger partial charge in [-0.15, -0.1) is 0 Å². The molecule has 7 heteroatoms. The SMILES string of the molecule is COc1ccc(CNC(=O)COC(=O)c2cc(=O)c3cc(C)ccc3o2)cc1. The summed E-state index contributed by atoms with van der Waals surface area (Å²) in [5, 5.41) is 3.02. The number of aryl methyl sites for hydroxylation is 1. The Bertz CT molecular complexity index is 1070. The van der Waals surface area contributed by atoms with Gasteiger partial charge in [0.25, 0.3) is 5.91 Å². The first kappa shape index (κ1) is 19.2. The van der Waals surface area contributed by atoms with Crippen molar-refractivity contribution in [1.82, 2.24) is 5.32 Å². The van der Waals surface area contributed by atoms with Gasteiger partial charge in [-0.1, -0.05) is 23.8 Å². The molecule has 7 nitrogen and oxygen atoms in total. The van der Waals surface area contributed by atoms with Crippen molar-refractivity contribution in [2.75, 3.05) is 13.7 Å². The van der Waals surface area contributed by atoms with Crippen LogP contribution in [0.25, 0.3) is 11.0 Å². The largest absolute Gasteiger partial charge is 0.497 e. The normalized spacial score (nSPS) is 10.5. The van der Waals surface area contributed by atoms with E-state index in [0.717, 1.165) is 22.9 Å². The van der Waals surface area contributed by atoms with Crippen LogP contribution in [0.1, 0.15) is 21.7 Å². The first-order valence-corrected chi connectivity index (χ1v) is 8.57. The summed E-state index contributed by atoms with van der Waals surface area (Å²) < 4.78 is 15.4. The molecule has 28 heavy (non-hydrogen) atoms. The van der Waals surface area contributed by atoms with Crippen LogP contribution in [0.4, 0.5) is 0 Å². The van der Waals surface area contributed by atoms with E-state index in [9.17, 15) is 14.4 Å². The van der Waals surface area contributed by atoms with Gasteiger partial charge in [0, 0.05) is 12.6 Å². The number of ether oxygens (including phenoxy) is 2. The van der Waals surface area contributed by atoms with E-state index in [1.165, 1.54) is 0 Å². The predicted octanol–water partition coefficient (Wildman–Crippen LogP) is 2.58. The molecule has 1 aromatic heterocycles. The highest BCUT2D eigenvalue weighted by Gasteiger charge is 2.15. The molecular formula is C21H19NO6. The summed E-state index contributed by atoms with van der Waals surface area (Å²) in [5.41, 5.74) is 1.72. The molecule has 3 aromatic rings. The Kier molecular flexibility index (Phi) is 5.74. The molecule has 0 spiro atoms. The molecular weight excluding hydrogens is 362 g/mol. The molecule has 1 N–H and O–H groups in total. The van der Waals surface area contributed by atoms with Crippen LogP contribution in [0.5, 0.6) is 5.75 Å². The zero-order chi connectivity index (χ0) is 20.1. The number of hydrogen-bond donors (Lipinski definition) is 1. The molecule has 2 aromatic carbocycles. The lowest BCUT2D eigenvalue weighted by Gasteiger charge is -2.07. The number of amides is 1. The van der Waals surface area contributed by atoms with Crippen molar-refractivity contribution >= 4 is 22.8 Å². The van der Waals surface area contributed by atoms with E-state index in [4.69, 9.17) is 13.9 Å². The summed E-state index contributed by atoms with van der Waals surface area (Å²) in [6, 6.07) is 13.3. The summed E-state index contributed by atoms with van der Waals surface area (Å²) in [6.45, 7) is 1.65. The first-order chi connectivity index (χ1) is 13.5. The monoisotopic (exact) mass is 381 g/mol. The lowest BCUT2D eigenvalue weighted by atomic mass is 10.1. The van der Waals surface area contributed by atoms with Crippen molar-refractivity contribution in [2.45, 2.75) is 13.5 Å². The Labute approximate surface area is 160 Å². The van der Waals surface area contributed by atoms with E-state index >= 15 is 0 Å². The Balaban J connectivity index is 1.57. The van der Waals surface area contributed by atoms with E-state index in [1.807, 2.05) is 19.1 Å². The third-order valence-electron chi connectivity index (χ3n) is 4.07. The topological polar surface area (TPSA) is 94.8 Å². The highest BCUT2D eigenvalue weighted by atomic mass is 16.5. The molecule has 0 atom stereocenters. The van der Waals surface area contributed by atoms with E-state index < -0.39 is 18.5 Å². The lowest BCUT2D eigenvalue weighted by molar-refractivity contribution is -0.124. The quantitative estimate of drug-likeness (QED) is 0.660. The van der Waals surface area contributed by atoms with Gasteiger partial charge in [-0.25, -0.2) is 4.79 Å². The minimum atomic E-state index is -0.876. The third kappa shape index (κ3) is 4.56. The van der Waals surface area contributed by atoms with Crippen molar-refractivity contribution in [3.05, 3.63) is 75.6 Å². The average Bonchev–Trinajstić information content (AvgIpc) is 2.71. The maximum atomic E-state index is 12.1. The maximum absolute atomic E-state index is 12.1. The zero-order valence-corrected chi connectivity index (χ0v) is 15.5. The molecule has 0 saturated carbocycles. The molecule has 0 aliphatic rings. The molecule has 1 heterocycles. The maximum Gasteiger partial charge on any atom is 0.374 e. The molecule has 0 aliphatic carbocycles. The van der Waals surface area contributed by atoms with Gasteiger partial charge in [-0.2, -0.15) is 0 Å². The van der Waals surface area contributed by atoms with Gasteiger partial charge in [-0.3, -0.25) is 9.59 Å². The smallest absolute Gasteiger partial charge is 0.374 e. The number of hydrogen-bond acceptors (Lipinski definition) is 6. The number of nitrogens with one attached hydrogen (secondary N) is 1. The van der Waals surface area contributed by atoms with E-state index in [1.54, 1.807) is 37.4 Å². The van der Waals surface area contributed by atoms with Gasteiger partial charge in [0.05, 0.1) is 12.5 Å². The number of esters is 1. The summed E-state index contributed by atoms with van der Waals surface area (Å²) in [6.07, 6.45) is 0. The molecule has 0 unspecified atom stereocenters. The minimum Gasteiger partial charge on any atom is -0.497 e. The van der Waals surface area contributed by atoms with Crippen molar-refractivity contribution in [2.24, 2.45) is 0 Å². The number of carbonyl (C=O) groups excluding carboxylic acids is 2. The summed E-state index contributed by atoms with van der Waals surface area (Å²) in [4.78, 5) is 36.1. The van der Waals surface area contributed by atoms with Crippen molar-refractivity contribution < 1.29 is 23.5 Å². The van der Waals surface area contributed by atoms with Crippen LogP contribution in [0.15, 0.2) is 57.7 Å². The van der Waals surface area contributed by atoms with Gasteiger partial charge >= 0.3 is 5.97 Å². The van der Waals surface area contributed by atoms with Gasteiger partial charge in [-0.05, 0) is 36.8 Å². The highest BCUT2D eigenvalue weighted by molar-refractivity contribution is 5.90. The van der Waals surface area contributed by atoms with Crippen molar-refractivity contribution in [3.63, 3.8) is 0 Å². The standard InChI is InChI=1S/C21H19NO6/c1-13-3-8-18-16(9-13)17(23)10-19(28-18)21(25)27-12-20(24)22-11-14-4-6-15(26-2)7-5-14/h3-10H,11-12H2,1-2H3,(H,22,24). The third-order valence-corrected chi connectivity index (χ3v) is 4.07. The van der Waals surface area contributed by atoms with Crippen LogP contribution in [0, 0.1) is 6.92 Å². The predicted molar refractivity (Wildman–Crippen MR) is 102 cm³/mol. The number of fused-ring (bicyclic) bond motifs is 1. The molecule has 0 bridgehead atoms.